The van der Waals surface area contributed by atoms with Gasteiger partial charge in [-0.05, 0) is 18.1 Å². The molecule has 16 heavy (non-hydrogen) atoms. The van der Waals surface area contributed by atoms with Crippen molar-refractivity contribution < 1.29 is 0 Å². The SMILES string of the molecule is Cl.Cl.N[C@H]1CCN(Cc2ccccc2Br)C1. The number of likely N-dealkylation sites (tertiary alicyclic amines) is 1. The van der Waals surface area contributed by atoms with Gasteiger partial charge in [0.05, 0.1) is 0 Å². The first kappa shape index (κ1) is 16.2. The minimum absolute atomic E-state index is 0. The topological polar surface area (TPSA) is 29.3 Å². The summed E-state index contributed by atoms with van der Waals surface area (Å²) in [7, 11) is 0. The Balaban J connectivity index is 0.00000112. The van der Waals surface area contributed by atoms with Gasteiger partial charge in [-0.3, -0.25) is 4.90 Å². The van der Waals surface area contributed by atoms with Crippen molar-refractivity contribution in [2.24, 2.45) is 5.73 Å². The summed E-state index contributed by atoms with van der Waals surface area (Å²) in [4.78, 5) is 2.41. The molecule has 0 amide bonds. The van der Waals surface area contributed by atoms with Gasteiger partial charge in [-0.2, -0.15) is 0 Å². The Kier molecular flexibility index (Phi) is 7.61. The number of nitrogens with two attached hydrogens (primary N) is 1. The van der Waals surface area contributed by atoms with E-state index < -0.39 is 0 Å². The number of benzene rings is 1. The van der Waals surface area contributed by atoms with Crippen LogP contribution in [-0.2, 0) is 6.54 Å². The molecular formula is C11H17BrCl2N2. The lowest BCUT2D eigenvalue weighted by Gasteiger charge is -2.15. The molecule has 1 fully saturated rings. The summed E-state index contributed by atoms with van der Waals surface area (Å²) in [5.41, 5.74) is 7.21. The monoisotopic (exact) mass is 326 g/mol. The van der Waals surface area contributed by atoms with Crippen molar-refractivity contribution in [3.8, 4) is 0 Å². The molecule has 1 saturated heterocycles. The molecule has 5 heteroatoms. The predicted octanol–water partition coefficient (Wildman–Crippen LogP) is 2.83. The fourth-order valence-electron chi connectivity index (χ4n) is 1.87. The zero-order valence-corrected chi connectivity index (χ0v) is 12.2. The second kappa shape index (κ2) is 7.51. The average Bonchev–Trinajstić information content (AvgIpc) is 2.56. The summed E-state index contributed by atoms with van der Waals surface area (Å²) in [5.74, 6) is 0. The van der Waals surface area contributed by atoms with Crippen LogP contribution in [0.1, 0.15) is 12.0 Å². The number of nitrogens with zero attached hydrogens (tertiary/aromatic N) is 1. The van der Waals surface area contributed by atoms with Crippen LogP contribution in [0, 0.1) is 0 Å². The van der Waals surface area contributed by atoms with E-state index in [1.165, 1.54) is 10.0 Å². The molecule has 2 nitrogen and oxygen atoms in total. The van der Waals surface area contributed by atoms with Gasteiger partial charge in [-0.1, -0.05) is 34.1 Å². The lowest BCUT2D eigenvalue weighted by atomic mass is 10.2. The minimum atomic E-state index is 0. The van der Waals surface area contributed by atoms with E-state index in [0.717, 1.165) is 26.1 Å². The van der Waals surface area contributed by atoms with Crippen molar-refractivity contribution in [3.63, 3.8) is 0 Å². The van der Waals surface area contributed by atoms with Gasteiger partial charge >= 0.3 is 0 Å². The van der Waals surface area contributed by atoms with Gasteiger partial charge in [0.25, 0.3) is 0 Å². The normalized spacial score (nSPS) is 20.0. The van der Waals surface area contributed by atoms with Crippen LogP contribution in [-0.4, -0.2) is 24.0 Å². The third-order valence-electron chi connectivity index (χ3n) is 2.66. The van der Waals surface area contributed by atoms with E-state index in [2.05, 4.69) is 39.0 Å². The summed E-state index contributed by atoms with van der Waals surface area (Å²) in [6, 6.07) is 8.75. The first-order valence-corrected chi connectivity index (χ1v) is 5.76. The van der Waals surface area contributed by atoms with Gasteiger partial charge in [0.1, 0.15) is 0 Å². The molecule has 1 atom stereocenters. The summed E-state index contributed by atoms with van der Waals surface area (Å²) < 4.78 is 1.19. The number of hydrogen-bond acceptors (Lipinski definition) is 2. The van der Waals surface area contributed by atoms with Gasteiger partial charge in [0.2, 0.25) is 0 Å². The molecule has 1 aromatic rings. The zero-order valence-electron chi connectivity index (χ0n) is 8.93. The quantitative estimate of drug-likeness (QED) is 0.905. The highest BCUT2D eigenvalue weighted by Gasteiger charge is 2.19. The van der Waals surface area contributed by atoms with Crippen molar-refractivity contribution in [3.05, 3.63) is 34.3 Å². The molecule has 1 heterocycles. The van der Waals surface area contributed by atoms with E-state index in [1.807, 2.05) is 6.07 Å². The van der Waals surface area contributed by atoms with E-state index in [0.29, 0.717) is 6.04 Å². The molecule has 1 aliphatic heterocycles. The van der Waals surface area contributed by atoms with E-state index in [4.69, 9.17) is 5.73 Å². The molecule has 0 bridgehead atoms. The smallest absolute Gasteiger partial charge is 0.0245 e. The van der Waals surface area contributed by atoms with Crippen LogP contribution < -0.4 is 5.73 Å². The summed E-state index contributed by atoms with van der Waals surface area (Å²) in [6.45, 7) is 3.17. The van der Waals surface area contributed by atoms with Gasteiger partial charge in [-0.25, -0.2) is 0 Å². The van der Waals surface area contributed by atoms with Gasteiger partial charge in [0.15, 0.2) is 0 Å². The molecule has 1 aliphatic rings. The molecule has 0 aromatic heterocycles. The Hall–Kier alpha value is 0.200. The van der Waals surface area contributed by atoms with Crippen LogP contribution in [0.2, 0.25) is 0 Å². The maximum atomic E-state index is 5.86. The van der Waals surface area contributed by atoms with Crippen LogP contribution in [0.15, 0.2) is 28.7 Å². The maximum Gasteiger partial charge on any atom is 0.0245 e. The van der Waals surface area contributed by atoms with Crippen molar-refractivity contribution >= 4 is 40.7 Å². The molecular weight excluding hydrogens is 311 g/mol. The zero-order chi connectivity index (χ0) is 9.97. The Morgan fingerprint density at radius 1 is 1.31 bits per heavy atom. The van der Waals surface area contributed by atoms with Crippen LogP contribution in [0.25, 0.3) is 0 Å². The molecule has 2 N–H and O–H groups in total. The average molecular weight is 328 g/mol. The van der Waals surface area contributed by atoms with Crippen molar-refractivity contribution in [2.45, 2.75) is 19.0 Å². The van der Waals surface area contributed by atoms with Crippen molar-refractivity contribution in [1.82, 2.24) is 4.90 Å². The van der Waals surface area contributed by atoms with Crippen LogP contribution in [0.3, 0.4) is 0 Å². The first-order valence-electron chi connectivity index (χ1n) is 4.97. The standard InChI is InChI=1S/C11H15BrN2.2ClH/c12-11-4-2-1-3-9(11)7-14-6-5-10(13)8-14;;/h1-4,10H,5-8,13H2;2*1H/t10-;;/m0../s1. The Labute approximate surface area is 118 Å². The van der Waals surface area contributed by atoms with Crippen molar-refractivity contribution in [1.29, 1.82) is 0 Å². The highest BCUT2D eigenvalue weighted by atomic mass is 79.9. The van der Waals surface area contributed by atoms with Gasteiger partial charge in [0, 0.05) is 30.1 Å². The number of rotatable bonds is 2. The van der Waals surface area contributed by atoms with E-state index in [9.17, 15) is 0 Å². The van der Waals surface area contributed by atoms with Gasteiger partial charge < -0.3 is 5.73 Å². The molecule has 1 aromatic carbocycles. The summed E-state index contributed by atoms with van der Waals surface area (Å²) >= 11 is 3.56. The molecule has 0 radical (unpaired) electrons. The van der Waals surface area contributed by atoms with E-state index >= 15 is 0 Å². The van der Waals surface area contributed by atoms with Crippen LogP contribution in [0.4, 0.5) is 0 Å². The van der Waals surface area contributed by atoms with Crippen molar-refractivity contribution in [2.75, 3.05) is 13.1 Å². The Morgan fingerprint density at radius 2 is 2.00 bits per heavy atom. The van der Waals surface area contributed by atoms with Crippen LogP contribution >= 0.6 is 40.7 Å². The Morgan fingerprint density at radius 3 is 2.56 bits per heavy atom. The summed E-state index contributed by atoms with van der Waals surface area (Å²) in [6.07, 6.45) is 1.13. The number of hydrogen-bond donors (Lipinski definition) is 1. The lowest BCUT2D eigenvalue weighted by molar-refractivity contribution is 0.326. The van der Waals surface area contributed by atoms with E-state index in [-0.39, 0.29) is 24.8 Å². The molecule has 2 rings (SSSR count). The van der Waals surface area contributed by atoms with E-state index in [1.54, 1.807) is 0 Å². The fraction of sp³-hybridized carbons (Fsp3) is 0.455. The second-order valence-electron chi connectivity index (χ2n) is 3.88. The highest BCUT2D eigenvalue weighted by molar-refractivity contribution is 9.10. The van der Waals surface area contributed by atoms with Gasteiger partial charge in [-0.15, -0.1) is 24.8 Å². The predicted molar refractivity (Wildman–Crippen MR) is 76.5 cm³/mol. The molecule has 0 saturated carbocycles. The fourth-order valence-corrected chi connectivity index (χ4v) is 2.28. The second-order valence-corrected chi connectivity index (χ2v) is 4.73. The summed E-state index contributed by atoms with van der Waals surface area (Å²) in [5, 5.41) is 0. The minimum Gasteiger partial charge on any atom is -0.326 e. The number of halogens is 3. The molecule has 0 aliphatic carbocycles. The Bertz CT molecular complexity index is 323. The largest absolute Gasteiger partial charge is 0.326 e. The molecule has 0 spiro atoms. The van der Waals surface area contributed by atoms with Crippen LogP contribution in [0.5, 0.6) is 0 Å². The molecule has 0 unspecified atom stereocenters. The third-order valence-corrected chi connectivity index (χ3v) is 3.43. The molecule has 92 valence electrons. The highest BCUT2D eigenvalue weighted by Crippen LogP contribution is 2.19. The lowest BCUT2D eigenvalue weighted by Crippen LogP contribution is -2.26. The first-order chi connectivity index (χ1) is 6.75. The third kappa shape index (κ3) is 4.22. The maximum absolute atomic E-state index is 5.86.